The minimum atomic E-state index is -3.28. The van der Waals surface area contributed by atoms with Crippen LogP contribution in [0.1, 0.15) is 18.4 Å². The van der Waals surface area contributed by atoms with Crippen LogP contribution < -0.4 is 11.5 Å². The lowest BCUT2D eigenvalue weighted by atomic mass is 10.1. The monoisotopic (exact) mass is 272 g/mol. The Bertz CT molecular complexity index is 561. The molecule has 6 heteroatoms. The maximum Gasteiger partial charge on any atom is 0.155 e. The van der Waals surface area contributed by atoms with Gasteiger partial charge in [0.25, 0.3) is 0 Å². The average molecular weight is 272 g/mol. The lowest BCUT2D eigenvalue weighted by Crippen LogP contribution is -2.39. The number of rotatable bonds is 4. The van der Waals surface area contributed by atoms with Gasteiger partial charge in [-0.3, -0.25) is 0 Å². The van der Waals surface area contributed by atoms with Gasteiger partial charge in [0.1, 0.15) is 5.82 Å². The van der Waals surface area contributed by atoms with Crippen LogP contribution in [0.15, 0.2) is 24.3 Å². The van der Waals surface area contributed by atoms with Gasteiger partial charge >= 0.3 is 0 Å². The van der Waals surface area contributed by atoms with Gasteiger partial charge in [-0.2, -0.15) is 0 Å². The number of benzene rings is 1. The van der Waals surface area contributed by atoms with E-state index in [-0.39, 0.29) is 12.3 Å². The minimum absolute atomic E-state index is 0.0163. The Balaban J connectivity index is 2.40. The summed E-state index contributed by atoms with van der Waals surface area (Å²) in [5.41, 5.74) is 11.3. The van der Waals surface area contributed by atoms with Crippen LogP contribution >= 0.6 is 0 Å². The molecule has 0 saturated heterocycles. The second-order valence-corrected chi connectivity index (χ2v) is 7.13. The highest BCUT2D eigenvalue weighted by atomic mass is 32.2. The summed E-state index contributed by atoms with van der Waals surface area (Å²) in [6.45, 7) is 1.64. The Morgan fingerprint density at radius 2 is 2.11 bits per heavy atom. The number of sulfone groups is 1. The lowest BCUT2D eigenvalue weighted by Gasteiger charge is -2.07. The summed E-state index contributed by atoms with van der Waals surface area (Å²) in [4.78, 5) is 0. The first-order chi connectivity index (χ1) is 8.36. The zero-order valence-electron chi connectivity index (χ0n) is 10.1. The molecule has 1 aromatic rings. The minimum Gasteiger partial charge on any atom is -0.329 e. The van der Waals surface area contributed by atoms with E-state index in [1.807, 2.05) is 0 Å². The molecule has 100 valence electrons. The third-order valence-electron chi connectivity index (χ3n) is 3.65. The van der Waals surface area contributed by atoms with Crippen LogP contribution in [0.25, 0.3) is 0 Å². The Labute approximate surface area is 106 Å². The van der Waals surface area contributed by atoms with Crippen molar-refractivity contribution < 1.29 is 12.8 Å². The molecule has 0 aliphatic heterocycles. The van der Waals surface area contributed by atoms with E-state index >= 15 is 0 Å². The smallest absolute Gasteiger partial charge is 0.155 e. The summed E-state index contributed by atoms with van der Waals surface area (Å²) in [7, 11) is -3.28. The largest absolute Gasteiger partial charge is 0.329 e. The van der Waals surface area contributed by atoms with Crippen molar-refractivity contribution in [2.45, 2.75) is 23.6 Å². The normalized spacial score (nSPS) is 31.3. The molecule has 1 aromatic carbocycles. The van der Waals surface area contributed by atoms with Crippen molar-refractivity contribution in [3.8, 4) is 0 Å². The van der Waals surface area contributed by atoms with Gasteiger partial charge in [0.2, 0.25) is 0 Å². The third-order valence-corrected chi connectivity index (χ3v) is 5.94. The van der Waals surface area contributed by atoms with Gasteiger partial charge in [0.05, 0.1) is 10.8 Å². The molecular formula is C12H17FN2O2S. The number of halogens is 1. The topological polar surface area (TPSA) is 86.2 Å². The standard InChI is InChI=1S/C12H17FN2O2S/c1-2-18(16,17)11-10(12(11,15)7-14)8-4-3-5-9(13)6-8/h3-6,10-11H,2,7,14-15H2,1H3. The molecule has 0 aromatic heterocycles. The quantitative estimate of drug-likeness (QED) is 0.830. The lowest BCUT2D eigenvalue weighted by molar-refractivity contribution is 0.587. The highest BCUT2D eigenvalue weighted by Gasteiger charge is 2.67. The second-order valence-electron chi connectivity index (χ2n) is 4.72. The van der Waals surface area contributed by atoms with Gasteiger partial charge in [-0.05, 0) is 17.7 Å². The Morgan fingerprint density at radius 1 is 1.44 bits per heavy atom. The van der Waals surface area contributed by atoms with Crippen LogP contribution in [0.2, 0.25) is 0 Å². The molecule has 1 aliphatic carbocycles. The molecule has 3 unspecified atom stereocenters. The fraction of sp³-hybridized carbons (Fsp3) is 0.500. The fourth-order valence-electron chi connectivity index (χ4n) is 2.57. The molecule has 0 amide bonds. The maximum absolute atomic E-state index is 13.2. The molecular weight excluding hydrogens is 255 g/mol. The molecule has 2 rings (SSSR count). The van der Waals surface area contributed by atoms with Crippen LogP contribution in [0, 0.1) is 5.82 Å². The van der Waals surface area contributed by atoms with Crippen LogP contribution in [0.3, 0.4) is 0 Å². The first-order valence-corrected chi connectivity index (χ1v) is 7.54. The predicted octanol–water partition coefficient (Wildman–Crippen LogP) is 0.382. The SMILES string of the molecule is CCS(=O)(=O)C1C(c2cccc(F)c2)C1(N)CN. The van der Waals surface area contributed by atoms with Gasteiger partial charge in [-0.1, -0.05) is 19.1 Å². The van der Waals surface area contributed by atoms with E-state index in [1.165, 1.54) is 12.1 Å². The molecule has 1 aliphatic rings. The van der Waals surface area contributed by atoms with Crippen molar-refractivity contribution in [3.63, 3.8) is 0 Å². The van der Waals surface area contributed by atoms with Crippen molar-refractivity contribution in [2.75, 3.05) is 12.3 Å². The summed E-state index contributed by atoms with van der Waals surface area (Å²) < 4.78 is 37.1. The molecule has 0 bridgehead atoms. The molecule has 3 atom stereocenters. The fourth-order valence-corrected chi connectivity index (χ4v) is 4.59. The summed E-state index contributed by atoms with van der Waals surface area (Å²) in [6.07, 6.45) is 0. The Kier molecular flexibility index (Phi) is 3.21. The van der Waals surface area contributed by atoms with Gasteiger partial charge in [-0.25, -0.2) is 12.8 Å². The van der Waals surface area contributed by atoms with Crippen LogP contribution in [-0.4, -0.2) is 31.5 Å². The molecule has 0 heterocycles. The zero-order valence-corrected chi connectivity index (χ0v) is 11.0. The molecule has 18 heavy (non-hydrogen) atoms. The summed E-state index contributed by atoms with van der Waals surface area (Å²) in [6, 6.07) is 5.88. The second kappa shape index (κ2) is 4.29. The van der Waals surface area contributed by atoms with Crippen molar-refractivity contribution in [2.24, 2.45) is 11.5 Å². The maximum atomic E-state index is 13.2. The van der Waals surface area contributed by atoms with E-state index in [0.717, 1.165) is 0 Å². The Morgan fingerprint density at radius 3 is 2.61 bits per heavy atom. The predicted molar refractivity (Wildman–Crippen MR) is 68.4 cm³/mol. The summed E-state index contributed by atoms with van der Waals surface area (Å²) in [5, 5.41) is -0.707. The van der Waals surface area contributed by atoms with Crippen LogP contribution in [-0.2, 0) is 9.84 Å². The summed E-state index contributed by atoms with van der Waals surface area (Å²) >= 11 is 0. The van der Waals surface area contributed by atoms with Crippen LogP contribution in [0.5, 0.6) is 0 Å². The van der Waals surface area contributed by atoms with Crippen molar-refractivity contribution in [3.05, 3.63) is 35.6 Å². The van der Waals surface area contributed by atoms with Crippen molar-refractivity contribution in [1.82, 2.24) is 0 Å². The van der Waals surface area contributed by atoms with Crippen LogP contribution in [0.4, 0.5) is 4.39 Å². The van der Waals surface area contributed by atoms with E-state index in [4.69, 9.17) is 11.5 Å². The van der Waals surface area contributed by atoms with Crippen molar-refractivity contribution >= 4 is 9.84 Å². The number of hydrogen-bond acceptors (Lipinski definition) is 4. The molecule has 4 N–H and O–H groups in total. The van der Waals surface area contributed by atoms with Gasteiger partial charge in [0, 0.05) is 18.2 Å². The van der Waals surface area contributed by atoms with Crippen molar-refractivity contribution in [1.29, 1.82) is 0 Å². The Hall–Kier alpha value is -0.980. The number of hydrogen-bond donors (Lipinski definition) is 2. The first-order valence-electron chi connectivity index (χ1n) is 5.83. The van der Waals surface area contributed by atoms with E-state index in [0.29, 0.717) is 5.56 Å². The molecule has 4 nitrogen and oxygen atoms in total. The van der Waals surface area contributed by atoms with E-state index in [2.05, 4.69) is 0 Å². The molecule has 1 fully saturated rings. The third kappa shape index (κ3) is 1.94. The van der Waals surface area contributed by atoms with Gasteiger partial charge in [-0.15, -0.1) is 0 Å². The molecule has 1 saturated carbocycles. The number of nitrogens with two attached hydrogens (primary N) is 2. The van der Waals surface area contributed by atoms with Gasteiger partial charge in [0.15, 0.2) is 9.84 Å². The summed E-state index contributed by atoms with van der Waals surface area (Å²) in [5.74, 6) is -0.794. The highest BCUT2D eigenvalue weighted by Crippen LogP contribution is 2.53. The van der Waals surface area contributed by atoms with E-state index in [1.54, 1.807) is 19.1 Å². The first kappa shape index (κ1) is 13.5. The zero-order chi connectivity index (χ0) is 13.6. The van der Waals surface area contributed by atoms with Gasteiger partial charge < -0.3 is 11.5 Å². The average Bonchev–Trinajstić information content (AvgIpc) is 2.98. The van der Waals surface area contributed by atoms with E-state index in [9.17, 15) is 12.8 Å². The van der Waals surface area contributed by atoms with E-state index < -0.39 is 32.4 Å². The highest BCUT2D eigenvalue weighted by molar-refractivity contribution is 7.92. The molecule has 0 radical (unpaired) electrons. The molecule has 0 spiro atoms.